The van der Waals surface area contributed by atoms with Gasteiger partial charge >= 0.3 is 11.9 Å². The highest BCUT2D eigenvalue weighted by molar-refractivity contribution is 6.28. The zero-order chi connectivity index (χ0) is 20.3. The van der Waals surface area contributed by atoms with Crippen molar-refractivity contribution in [3.8, 4) is 0 Å². The van der Waals surface area contributed by atoms with Crippen LogP contribution in [0.2, 0.25) is 0 Å². The van der Waals surface area contributed by atoms with Crippen molar-refractivity contribution in [1.82, 2.24) is 0 Å². The average Bonchev–Trinajstić information content (AvgIpc) is 3.15. The average molecular weight is 380 g/mol. The lowest BCUT2D eigenvalue weighted by Crippen LogP contribution is -2.46. The van der Waals surface area contributed by atoms with E-state index in [1.54, 1.807) is 30.3 Å². The van der Waals surface area contributed by atoms with Gasteiger partial charge in [0.25, 0.3) is 11.2 Å². The molecule has 0 saturated carbocycles. The van der Waals surface area contributed by atoms with Crippen LogP contribution in [0.4, 0.5) is 5.69 Å². The molecule has 1 aliphatic rings. The summed E-state index contributed by atoms with van der Waals surface area (Å²) in [7, 11) is 2.30. The van der Waals surface area contributed by atoms with Crippen molar-refractivity contribution in [3.05, 3.63) is 81.9 Å². The normalized spacial score (nSPS) is 14.6. The molecule has 0 bridgehead atoms. The van der Waals surface area contributed by atoms with E-state index in [0.29, 0.717) is 16.8 Å². The number of non-ortho nitro benzene ring substituents is 1. The molecule has 0 amide bonds. The highest BCUT2D eigenvalue weighted by Crippen LogP contribution is 2.39. The smallest absolute Gasteiger partial charge is 0.350 e. The quantitative estimate of drug-likeness (QED) is 0.341. The molecule has 0 atom stereocenters. The van der Waals surface area contributed by atoms with Crippen LogP contribution in [0, 0.1) is 10.1 Å². The van der Waals surface area contributed by atoms with Crippen molar-refractivity contribution >= 4 is 28.9 Å². The first-order chi connectivity index (χ1) is 13.4. The van der Waals surface area contributed by atoms with E-state index in [1.807, 2.05) is 6.07 Å². The van der Waals surface area contributed by atoms with Gasteiger partial charge in [-0.15, -0.1) is 0 Å². The van der Waals surface area contributed by atoms with Crippen LogP contribution >= 0.6 is 0 Å². The summed E-state index contributed by atoms with van der Waals surface area (Å²) in [4.78, 5) is 40.2. The van der Waals surface area contributed by atoms with Crippen molar-refractivity contribution in [3.63, 3.8) is 0 Å². The van der Waals surface area contributed by atoms with Crippen LogP contribution in [0.5, 0.6) is 0 Å². The summed E-state index contributed by atoms with van der Waals surface area (Å²) in [6, 6.07) is 14.5. The molecule has 2 aromatic carbocycles. The van der Waals surface area contributed by atoms with Gasteiger partial charge in [0.15, 0.2) is 0 Å². The van der Waals surface area contributed by atoms with Crippen LogP contribution in [0.15, 0.2) is 65.7 Å². The molecule has 0 saturated heterocycles. The Morgan fingerprint density at radius 3 is 2.00 bits per heavy atom. The molecule has 0 spiro atoms. The fourth-order valence-electron chi connectivity index (χ4n) is 3.02. The van der Waals surface area contributed by atoms with E-state index in [0.717, 1.165) is 14.2 Å². The molecule has 0 aromatic heterocycles. The van der Waals surface area contributed by atoms with Crippen molar-refractivity contribution < 1.29 is 24.0 Å². The number of allylic oxidation sites excluding steroid dienone is 1. The first-order valence-electron chi connectivity index (χ1n) is 8.23. The van der Waals surface area contributed by atoms with Gasteiger partial charge in [-0.1, -0.05) is 30.3 Å². The summed E-state index contributed by atoms with van der Waals surface area (Å²) in [5.74, 6) is -1.82. The maximum absolute atomic E-state index is 12.7. The first-order valence-corrected chi connectivity index (χ1v) is 8.23. The number of carbonyl (C=O) groups excluding carboxylic acids is 2. The van der Waals surface area contributed by atoms with E-state index >= 15 is 0 Å². The number of aliphatic imine (C=N–C) groups is 1. The summed E-state index contributed by atoms with van der Waals surface area (Å²) in [5.41, 5.74) is -0.448. The first kappa shape index (κ1) is 19.0. The molecular weight excluding hydrogens is 364 g/mol. The summed E-state index contributed by atoms with van der Waals surface area (Å²) in [6.45, 7) is 0. The standard InChI is InChI=1S/C20H16N2O6/c1-27-18(23)20(19(24)28-2)16(13-8-10-15(11-9-13)22(25)26)12-17(21-20)14-6-4-3-5-7-14/h3-12H,1-2H3. The van der Waals surface area contributed by atoms with Crippen LogP contribution in [-0.4, -0.2) is 42.3 Å². The van der Waals surface area contributed by atoms with Crippen LogP contribution in [0.25, 0.3) is 5.57 Å². The van der Waals surface area contributed by atoms with E-state index in [9.17, 15) is 19.7 Å². The fraction of sp³-hybridized carbons (Fsp3) is 0.150. The van der Waals surface area contributed by atoms with Gasteiger partial charge in [0.2, 0.25) is 0 Å². The van der Waals surface area contributed by atoms with Gasteiger partial charge in [-0.25, -0.2) is 9.59 Å². The van der Waals surface area contributed by atoms with Crippen molar-refractivity contribution in [1.29, 1.82) is 0 Å². The van der Waals surface area contributed by atoms with Crippen molar-refractivity contribution in [2.24, 2.45) is 4.99 Å². The molecule has 28 heavy (non-hydrogen) atoms. The van der Waals surface area contributed by atoms with Gasteiger partial charge in [-0.3, -0.25) is 15.1 Å². The molecule has 142 valence electrons. The number of nitro benzene ring substituents is 1. The van der Waals surface area contributed by atoms with Crippen LogP contribution < -0.4 is 0 Å². The number of hydrogen-bond acceptors (Lipinski definition) is 7. The monoisotopic (exact) mass is 380 g/mol. The second-order valence-electron chi connectivity index (χ2n) is 5.92. The maximum atomic E-state index is 12.7. The van der Waals surface area contributed by atoms with E-state index < -0.39 is 22.4 Å². The lowest BCUT2D eigenvalue weighted by Gasteiger charge is -2.24. The number of nitro groups is 1. The Kier molecular flexibility index (Phi) is 5.04. The summed E-state index contributed by atoms with van der Waals surface area (Å²) in [5, 5.41) is 10.9. The summed E-state index contributed by atoms with van der Waals surface area (Å²) in [6.07, 6.45) is 1.59. The number of nitrogens with zero attached hydrogens (tertiary/aromatic N) is 2. The predicted octanol–water partition coefficient (Wildman–Crippen LogP) is 2.57. The third kappa shape index (κ3) is 3.05. The topological polar surface area (TPSA) is 108 Å². The number of hydrogen-bond donors (Lipinski definition) is 0. The number of methoxy groups -OCH3 is 2. The van der Waals surface area contributed by atoms with E-state index in [4.69, 9.17) is 9.47 Å². The van der Waals surface area contributed by atoms with Crippen molar-refractivity contribution in [2.75, 3.05) is 14.2 Å². The minimum Gasteiger partial charge on any atom is -0.467 e. The summed E-state index contributed by atoms with van der Waals surface area (Å²) >= 11 is 0. The summed E-state index contributed by atoms with van der Waals surface area (Å²) < 4.78 is 9.72. The molecule has 0 N–H and O–H groups in total. The van der Waals surface area contributed by atoms with Crippen molar-refractivity contribution in [2.45, 2.75) is 5.54 Å². The Morgan fingerprint density at radius 2 is 1.50 bits per heavy atom. The molecular formula is C20H16N2O6. The zero-order valence-corrected chi connectivity index (χ0v) is 15.1. The molecule has 0 unspecified atom stereocenters. The molecule has 8 nitrogen and oxygen atoms in total. The van der Waals surface area contributed by atoms with Gasteiger partial charge in [-0.05, 0) is 29.3 Å². The Bertz CT molecular complexity index is 977. The largest absolute Gasteiger partial charge is 0.467 e. The lowest BCUT2D eigenvalue weighted by molar-refractivity contribution is -0.384. The number of rotatable bonds is 5. The van der Waals surface area contributed by atoms with Gasteiger partial charge in [0.05, 0.1) is 24.9 Å². The molecule has 8 heteroatoms. The molecule has 0 fully saturated rings. The Morgan fingerprint density at radius 1 is 0.929 bits per heavy atom. The minimum atomic E-state index is -2.05. The van der Waals surface area contributed by atoms with Gasteiger partial charge in [-0.2, -0.15) is 0 Å². The molecule has 1 heterocycles. The molecule has 1 aliphatic heterocycles. The molecule has 0 aliphatic carbocycles. The van der Waals surface area contributed by atoms with Gasteiger partial charge in [0.1, 0.15) is 0 Å². The second-order valence-corrected chi connectivity index (χ2v) is 5.92. The zero-order valence-electron chi connectivity index (χ0n) is 15.1. The van der Waals surface area contributed by atoms with E-state index in [2.05, 4.69) is 4.99 Å². The maximum Gasteiger partial charge on any atom is 0.350 e. The van der Waals surface area contributed by atoms with Crippen LogP contribution in [-0.2, 0) is 19.1 Å². The minimum absolute atomic E-state index is 0.117. The number of carbonyl (C=O) groups is 2. The molecule has 0 radical (unpaired) electrons. The second kappa shape index (κ2) is 7.43. The third-order valence-corrected chi connectivity index (χ3v) is 4.38. The SMILES string of the molecule is COC(=O)C1(C(=O)OC)N=C(c2ccccc2)C=C1c1ccc([N+](=O)[O-])cc1. The lowest BCUT2D eigenvalue weighted by atomic mass is 9.86. The fourth-order valence-corrected chi connectivity index (χ4v) is 3.02. The molecule has 3 rings (SSSR count). The Labute approximate surface area is 160 Å². The van der Waals surface area contributed by atoms with Gasteiger partial charge < -0.3 is 9.47 Å². The highest BCUT2D eigenvalue weighted by atomic mass is 16.6. The van der Waals surface area contributed by atoms with E-state index in [1.165, 1.54) is 24.3 Å². The van der Waals surface area contributed by atoms with Gasteiger partial charge in [0, 0.05) is 17.7 Å². The van der Waals surface area contributed by atoms with Crippen LogP contribution in [0.3, 0.4) is 0 Å². The Hall–Kier alpha value is -3.81. The Balaban J connectivity index is 2.22. The number of esters is 2. The van der Waals surface area contributed by atoms with E-state index in [-0.39, 0.29) is 11.3 Å². The number of benzene rings is 2. The predicted molar refractivity (Wildman–Crippen MR) is 101 cm³/mol. The number of ether oxygens (including phenoxy) is 2. The third-order valence-electron chi connectivity index (χ3n) is 4.38. The molecule has 2 aromatic rings. The van der Waals surface area contributed by atoms with Crippen LogP contribution in [0.1, 0.15) is 11.1 Å². The highest BCUT2D eigenvalue weighted by Gasteiger charge is 2.55.